The minimum atomic E-state index is -0.0973. The molecule has 106 valence electrons. The maximum atomic E-state index is 12.4. The van der Waals surface area contributed by atoms with Gasteiger partial charge in [0, 0.05) is 27.4 Å². The Hall–Kier alpha value is -1.07. The van der Waals surface area contributed by atoms with Crippen LogP contribution < -0.4 is 5.32 Å². The minimum Gasteiger partial charge on any atom is -0.342 e. The number of hydrogen-bond acceptors (Lipinski definition) is 1. The van der Waals surface area contributed by atoms with Gasteiger partial charge in [-0.15, -0.1) is 0 Å². The van der Waals surface area contributed by atoms with Crippen LogP contribution >= 0.6 is 31.9 Å². The van der Waals surface area contributed by atoms with Gasteiger partial charge in [0.1, 0.15) is 5.69 Å². The molecule has 3 nitrogen and oxygen atoms in total. The average molecular weight is 400 g/mol. The van der Waals surface area contributed by atoms with Crippen molar-refractivity contribution in [2.24, 2.45) is 0 Å². The molecule has 2 rings (SSSR count). The fourth-order valence-corrected chi connectivity index (χ4v) is 2.80. The summed E-state index contributed by atoms with van der Waals surface area (Å²) in [7, 11) is 0. The van der Waals surface area contributed by atoms with Crippen LogP contribution in [0.25, 0.3) is 0 Å². The van der Waals surface area contributed by atoms with Gasteiger partial charge in [0.2, 0.25) is 0 Å². The lowest BCUT2D eigenvalue weighted by molar-refractivity contribution is 0.101. The topological polar surface area (TPSA) is 34.0 Å². The van der Waals surface area contributed by atoms with Crippen molar-refractivity contribution in [1.82, 2.24) is 4.57 Å². The highest BCUT2D eigenvalue weighted by molar-refractivity contribution is 9.10. The Morgan fingerprint density at radius 1 is 1.30 bits per heavy atom. The van der Waals surface area contributed by atoms with E-state index in [2.05, 4.69) is 44.1 Å². The van der Waals surface area contributed by atoms with E-state index in [0.717, 1.165) is 33.2 Å². The molecule has 1 amide bonds. The number of anilines is 1. The number of rotatable bonds is 4. The second-order valence-corrected chi connectivity index (χ2v) is 6.43. The van der Waals surface area contributed by atoms with Gasteiger partial charge in [-0.3, -0.25) is 4.79 Å². The lowest BCUT2D eigenvalue weighted by Crippen LogP contribution is -2.16. The van der Waals surface area contributed by atoms with Gasteiger partial charge in [0.15, 0.2) is 0 Å². The predicted molar refractivity (Wildman–Crippen MR) is 89.3 cm³/mol. The van der Waals surface area contributed by atoms with Crippen molar-refractivity contribution in [3.63, 3.8) is 0 Å². The first kappa shape index (κ1) is 15.3. The van der Waals surface area contributed by atoms with Crippen LogP contribution in [0.5, 0.6) is 0 Å². The largest absolute Gasteiger partial charge is 0.342 e. The highest BCUT2D eigenvalue weighted by Gasteiger charge is 2.13. The molecule has 0 aliphatic heterocycles. The molecule has 20 heavy (non-hydrogen) atoms. The maximum Gasteiger partial charge on any atom is 0.272 e. The number of nitrogens with one attached hydrogen (secondary N) is 1. The molecule has 1 aromatic heterocycles. The summed E-state index contributed by atoms with van der Waals surface area (Å²) in [4.78, 5) is 12.4. The van der Waals surface area contributed by atoms with Crippen LogP contribution in [0.15, 0.2) is 39.4 Å². The molecule has 0 saturated heterocycles. The third-order valence-electron chi connectivity index (χ3n) is 2.99. The summed E-state index contributed by atoms with van der Waals surface area (Å²) >= 11 is 6.89. The van der Waals surface area contributed by atoms with Crippen molar-refractivity contribution in [3.05, 3.63) is 50.7 Å². The van der Waals surface area contributed by atoms with Crippen molar-refractivity contribution in [2.75, 3.05) is 5.32 Å². The van der Waals surface area contributed by atoms with Crippen LogP contribution in [0, 0.1) is 6.92 Å². The summed E-state index contributed by atoms with van der Waals surface area (Å²) in [6.07, 6.45) is 2.92. The molecule has 0 saturated carbocycles. The highest BCUT2D eigenvalue weighted by Crippen LogP contribution is 2.22. The molecule has 5 heteroatoms. The quantitative estimate of drug-likeness (QED) is 0.772. The van der Waals surface area contributed by atoms with Crippen molar-refractivity contribution in [3.8, 4) is 0 Å². The Morgan fingerprint density at radius 3 is 2.70 bits per heavy atom. The number of carbonyl (C=O) groups is 1. The standard InChI is InChI=1S/C15H16Br2N2O/c1-3-6-19-9-11(16)7-14(19)15(20)18-12-5-4-10(2)13(17)8-12/h4-5,7-9H,3,6H2,1-2H3,(H,18,20). The SMILES string of the molecule is CCCn1cc(Br)cc1C(=O)Nc1ccc(C)c(Br)c1. The van der Waals surface area contributed by atoms with E-state index < -0.39 is 0 Å². The molecule has 1 N–H and O–H groups in total. The van der Waals surface area contributed by atoms with Crippen molar-refractivity contribution < 1.29 is 4.79 Å². The lowest BCUT2D eigenvalue weighted by Gasteiger charge is -2.09. The van der Waals surface area contributed by atoms with Crippen LogP contribution in [0.1, 0.15) is 29.4 Å². The maximum absolute atomic E-state index is 12.4. The molecule has 0 fully saturated rings. The Bertz CT molecular complexity index is 635. The van der Waals surface area contributed by atoms with Crippen LogP contribution in [0.4, 0.5) is 5.69 Å². The van der Waals surface area contributed by atoms with Crippen molar-refractivity contribution in [1.29, 1.82) is 0 Å². The number of benzene rings is 1. The normalized spacial score (nSPS) is 10.6. The summed E-state index contributed by atoms with van der Waals surface area (Å²) in [6.45, 7) is 4.93. The average Bonchev–Trinajstić information content (AvgIpc) is 2.75. The van der Waals surface area contributed by atoms with Gasteiger partial charge in [-0.2, -0.15) is 0 Å². The first-order valence-corrected chi connectivity index (χ1v) is 8.03. The van der Waals surface area contributed by atoms with Crippen molar-refractivity contribution >= 4 is 43.5 Å². The van der Waals surface area contributed by atoms with E-state index in [-0.39, 0.29) is 5.91 Å². The highest BCUT2D eigenvalue weighted by atomic mass is 79.9. The molecule has 1 heterocycles. The molecular formula is C15H16Br2N2O. The van der Waals surface area contributed by atoms with Crippen LogP contribution in [-0.4, -0.2) is 10.5 Å². The molecule has 0 unspecified atom stereocenters. The summed E-state index contributed by atoms with van der Waals surface area (Å²) < 4.78 is 3.87. The second-order valence-electron chi connectivity index (χ2n) is 4.66. The Kier molecular flexibility index (Phi) is 5.05. The second kappa shape index (κ2) is 6.59. The lowest BCUT2D eigenvalue weighted by atomic mass is 10.2. The molecule has 0 aliphatic rings. The summed E-state index contributed by atoms with van der Waals surface area (Å²) in [5, 5.41) is 2.93. The van der Waals surface area contributed by atoms with E-state index in [9.17, 15) is 4.79 Å². The molecule has 2 aromatic rings. The molecule has 1 aromatic carbocycles. The Labute approximate surface area is 135 Å². The van der Waals surface area contributed by atoms with Crippen LogP contribution in [-0.2, 0) is 6.54 Å². The smallest absolute Gasteiger partial charge is 0.272 e. The van der Waals surface area contributed by atoms with Crippen LogP contribution in [0.2, 0.25) is 0 Å². The van der Waals surface area contributed by atoms with Gasteiger partial charge in [-0.25, -0.2) is 0 Å². The first-order chi connectivity index (χ1) is 9.51. The summed E-state index contributed by atoms with van der Waals surface area (Å²) in [6, 6.07) is 7.63. The van der Waals surface area contributed by atoms with Gasteiger partial charge in [-0.05, 0) is 53.0 Å². The third-order valence-corrected chi connectivity index (χ3v) is 4.28. The molecule has 0 spiro atoms. The number of carbonyl (C=O) groups excluding carboxylic acids is 1. The van der Waals surface area contributed by atoms with Gasteiger partial charge in [0.25, 0.3) is 5.91 Å². The van der Waals surface area contributed by atoms with E-state index in [1.54, 1.807) is 0 Å². The van der Waals surface area contributed by atoms with E-state index in [1.165, 1.54) is 0 Å². The monoisotopic (exact) mass is 398 g/mol. The molecule has 0 atom stereocenters. The van der Waals surface area contributed by atoms with Gasteiger partial charge < -0.3 is 9.88 Å². The van der Waals surface area contributed by atoms with Gasteiger partial charge >= 0.3 is 0 Å². The number of halogens is 2. The van der Waals surface area contributed by atoms with E-state index in [1.807, 2.05) is 42.0 Å². The summed E-state index contributed by atoms with van der Waals surface area (Å²) in [5.74, 6) is -0.0973. The van der Waals surface area contributed by atoms with E-state index in [0.29, 0.717) is 5.69 Å². The fraction of sp³-hybridized carbons (Fsp3) is 0.267. The zero-order chi connectivity index (χ0) is 14.7. The first-order valence-electron chi connectivity index (χ1n) is 6.44. The predicted octanol–water partition coefficient (Wildman–Crippen LogP) is 4.98. The molecule has 0 radical (unpaired) electrons. The fourth-order valence-electron chi connectivity index (χ4n) is 1.96. The Balaban J connectivity index is 2.21. The number of amides is 1. The molecule has 0 aliphatic carbocycles. The number of aryl methyl sites for hydroxylation is 2. The van der Waals surface area contributed by atoms with Gasteiger partial charge in [0.05, 0.1) is 0 Å². The van der Waals surface area contributed by atoms with Crippen molar-refractivity contribution in [2.45, 2.75) is 26.8 Å². The summed E-state index contributed by atoms with van der Waals surface area (Å²) in [5.41, 5.74) is 2.59. The number of aromatic nitrogens is 1. The number of hydrogen-bond donors (Lipinski definition) is 1. The van der Waals surface area contributed by atoms with E-state index in [4.69, 9.17) is 0 Å². The zero-order valence-corrected chi connectivity index (χ0v) is 14.6. The van der Waals surface area contributed by atoms with Gasteiger partial charge in [-0.1, -0.05) is 28.9 Å². The zero-order valence-electron chi connectivity index (χ0n) is 11.4. The third kappa shape index (κ3) is 3.52. The van der Waals surface area contributed by atoms with E-state index >= 15 is 0 Å². The molecule has 0 bridgehead atoms. The number of nitrogens with zero attached hydrogens (tertiary/aromatic N) is 1. The Morgan fingerprint density at radius 2 is 2.05 bits per heavy atom. The minimum absolute atomic E-state index is 0.0973. The molecular weight excluding hydrogens is 384 g/mol. The van der Waals surface area contributed by atoms with Crippen LogP contribution in [0.3, 0.4) is 0 Å².